The number of hydrogen-bond donors (Lipinski definition) is 4. The van der Waals surface area contributed by atoms with Gasteiger partial charge in [0.05, 0.1) is 5.56 Å². The number of rotatable bonds is 7. The van der Waals surface area contributed by atoms with E-state index in [9.17, 15) is 9.59 Å². The fourth-order valence-corrected chi connectivity index (χ4v) is 2.47. The number of para-hydroxylation sites is 1. The number of carbonyl (C=O) groups excluding carboxylic acids is 2. The van der Waals surface area contributed by atoms with Crippen molar-refractivity contribution in [3.05, 3.63) is 53.6 Å². The van der Waals surface area contributed by atoms with Crippen LogP contribution in [0.4, 0.5) is 21.9 Å². The molecule has 0 aliphatic carbocycles. The first-order valence-electron chi connectivity index (χ1n) is 8.38. The van der Waals surface area contributed by atoms with Crippen LogP contribution >= 0.6 is 0 Å². The first-order chi connectivity index (χ1) is 12.0. The molecule has 0 unspecified atom stereocenters. The van der Waals surface area contributed by atoms with Crippen LogP contribution in [0.1, 0.15) is 36.2 Å². The molecule has 0 saturated carbocycles. The number of benzene rings is 2. The molecule has 0 radical (unpaired) electrons. The highest BCUT2D eigenvalue weighted by molar-refractivity contribution is 6.03. The van der Waals surface area contributed by atoms with Crippen molar-refractivity contribution >= 4 is 29.0 Å². The van der Waals surface area contributed by atoms with Crippen LogP contribution in [0.25, 0.3) is 0 Å². The summed E-state index contributed by atoms with van der Waals surface area (Å²) < 4.78 is 0. The van der Waals surface area contributed by atoms with E-state index >= 15 is 0 Å². The molecule has 2 rings (SSSR count). The Labute approximate surface area is 147 Å². The van der Waals surface area contributed by atoms with E-state index in [0.717, 1.165) is 30.6 Å². The van der Waals surface area contributed by atoms with E-state index in [2.05, 4.69) is 16.0 Å². The Morgan fingerprint density at radius 3 is 2.44 bits per heavy atom. The lowest BCUT2D eigenvalue weighted by molar-refractivity contribution is 0.100. The molecule has 6 heteroatoms. The summed E-state index contributed by atoms with van der Waals surface area (Å²) in [5.74, 6) is -0.543. The van der Waals surface area contributed by atoms with Gasteiger partial charge in [-0.3, -0.25) is 4.79 Å². The average Bonchev–Trinajstić information content (AvgIpc) is 2.60. The van der Waals surface area contributed by atoms with Gasteiger partial charge in [0.25, 0.3) is 5.91 Å². The van der Waals surface area contributed by atoms with Crippen LogP contribution in [0, 0.1) is 0 Å². The van der Waals surface area contributed by atoms with E-state index < -0.39 is 5.91 Å². The molecule has 2 aromatic rings. The zero-order chi connectivity index (χ0) is 18.2. The fraction of sp³-hybridized carbons (Fsp3) is 0.263. The van der Waals surface area contributed by atoms with Crippen LogP contribution in [0.5, 0.6) is 0 Å². The molecule has 5 N–H and O–H groups in total. The summed E-state index contributed by atoms with van der Waals surface area (Å²) >= 11 is 0. The van der Waals surface area contributed by atoms with Gasteiger partial charge in [0.1, 0.15) is 0 Å². The lowest BCUT2D eigenvalue weighted by Crippen LogP contribution is -2.21. The van der Waals surface area contributed by atoms with Gasteiger partial charge in [0, 0.05) is 23.6 Å². The summed E-state index contributed by atoms with van der Waals surface area (Å²) in [5.41, 5.74) is 8.77. The fourth-order valence-electron chi connectivity index (χ4n) is 2.47. The van der Waals surface area contributed by atoms with Crippen molar-refractivity contribution in [2.75, 3.05) is 22.5 Å². The molecule has 0 heterocycles. The second kappa shape index (κ2) is 8.73. The van der Waals surface area contributed by atoms with Crippen molar-refractivity contribution < 1.29 is 9.59 Å². The molecule has 3 amide bonds. The number of amides is 3. The number of anilines is 3. The number of primary amides is 1. The largest absolute Gasteiger partial charge is 0.384 e. The van der Waals surface area contributed by atoms with Gasteiger partial charge in [0.15, 0.2) is 0 Å². The predicted octanol–water partition coefficient (Wildman–Crippen LogP) is 3.81. The van der Waals surface area contributed by atoms with Gasteiger partial charge in [-0.25, -0.2) is 4.79 Å². The number of carbonyl (C=O) groups is 2. The van der Waals surface area contributed by atoms with Crippen molar-refractivity contribution in [1.82, 2.24) is 0 Å². The third-order valence-corrected chi connectivity index (χ3v) is 3.75. The van der Waals surface area contributed by atoms with Crippen molar-refractivity contribution in [2.45, 2.75) is 26.7 Å². The lowest BCUT2D eigenvalue weighted by Gasteiger charge is -2.13. The molecule has 0 aliphatic rings. The van der Waals surface area contributed by atoms with Crippen LogP contribution in [0.15, 0.2) is 42.5 Å². The molecule has 2 aromatic carbocycles. The van der Waals surface area contributed by atoms with Crippen molar-refractivity contribution in [2.24, 2.45) is 5.73 Å². The molecule has 6 nitrogen and oxygen atoms in total. The Bertz CT molecular complexity index is 759. The SMILES string of the molecule is CCCNc1ccc(NC(=O)Nc2ccccc2CC)cc1C(N)=O. The number of aryl methyl sites for hydroxylation is 1. The summed E-state index contributed by atoms with van der Waals surface area (Å²) in [4.78, 5) is 23.9. The third kappa shape index (κ3) is 4.97. The smallest absolute Gasteiger partial charge is 0.323 e. The molecule has 132 valence electrons. The van der Waals surface area contributed by atoms with E-state index in [1.54, 1.807) is 18.2 Å². The van der Waals surface area contributed by atoms with Gasteiger partial charge in [-0.2, -0.15) is 0 Å². The minimum atomic E-state index is -0.543. The van der Waals surface area contributed by atoms with Crippen molar-refractivity contribution in [3.63, 3.8) is 0 Å². The van der Waals surface area contributed by atoms with Crippen LogP contribution in [0.3, 0.4) is 0 Å². The zero-order valence-electron chi connectivity index (χ0n) is 14.6. The average molecular weight is 340 g/mol. The number of nitrogens with two attached hydrogens (primary N) is 1. The molecule has 25 heavy (non-hydrogen) atoms. The summed E-state index contributed by atoms with van der Waals surface area (Å²) in [6.07, 6.45) is 1.75. The standard InChI is InChI=1S/C19H24N4O2/c1-3-11-21-17-10-9-14(12-15(17)18(20)24)22-19(25)23-16-8-6-5-7-13(16)4-2/h5-10,12,21H,3-4,11H2,1-2H3,(H2,20,24)(H2,22,23,25). The van der Waals surface area contributed by atoms with E-state index in [0.29, 0.717) is 16.9 Å². The molecule has 0 aromatic heterocycles. The maximum atomic E-state index is 12.2. The minimum absolute atomic E-state index is 0.347. The molecule has 0 fully saturated rings. The highest BCUT2D eigenvalue weighted by atomic mass is 16.2. The van der Waals surface area contributed by atoms with E-state index in [1.807, 2.05) is 38.1 Å². The highest BCUT2D eigenvalue weighted by Crippen LogP contribution is 2.21. The van der Waals surface area contributed by atoms with E-state index in [4.69, 9.17) is 5.73 Å². The van der Waals surface area contributed by atoms with Crippen molar-refractivity contribution in [1.29, 1.82) is 0 Å². The van der Waals surface area contributed by atoms with E-state index in [1.165, 1.54) is 0 Å². The normalized spacial score (nSPS) is 10.2. The van der Waals surface area contributed by atoms with Gasteiger partial charge in [-0.05, 0) is 42.7 Å². The quantitative estimate of drug-likeness (QED) is 0.617. The van der Waals surface area contributed by atoms with Gasteiger partial charge in [-0.15, -0.1) is 0 Å². The zero-order valence-corrected chi connectivity index (χ0v) is 14.6. The summed E-state index contributed by atoms with van der Waals surface area (Å²) in [7, 11) is 0. The molecule has 0 atom stereocenters. The maximum Gasteiger partial charge on any atom is 0.323 e. The van der Waals surface area contributed by atoms with Crippen LogP contribution in [0.2, 0.25) is 0 Å². The summed E-state index contributed by atoms with van der Waals surface area (Å²) in [6.45, 7) is 4.80. The summed E-state index contributed by atoms with van der Waals surface area (Å²) in [5, 5.41) is 8.71. The first-order valence-corrected chi connectivity index (χ1v) is 8.38. The van der Waals surface area contributed by atoms with Crippen LogP contribution < -0.4 is 21.7 Å². The number of hydrogen-bond acceptors (Lipinski definition) is 3. The third-order valence-electron chi connectivity index (χ3n) is 3.75. The van der Waals surface area contributed by atoms with Crippen LogP contribution in [-0.2, 0) is 6.42 Å². The van der Waals surface area contributed by atoms with E-state index in [-0.39, 0.29) is 6.03 Å². The Balaban J connectivity index is 2.12. The number of nitrogens with one attached hydrogen (secondary N) is 3. The monoisotopic (exact) mass is 340 g/mol. The molecule has 0 spiro atoms. The first kappa shape index (κ1) is 18.3. The maximum absolute atomic E-state index is 12.2. The predicted molar refractivity (Wildman–Crippen MR) is 102 cm³/mol. The molecule has 0 aliphatic heterocycles. The van der Waals surface area contributed by atoms with Gasteiger partial charge in [0.2, 0.25) is 0 Å². The Morgan fingerprint density at radius 1 is 1.00 bits per heavy atom. The molecular formula is C19H24N4O2. The molecular weight excluding hydrogens is 316 g/mol. The Morgan fingerprint density at radius 2 is 1.76 bits per heavy atom. The molecule has 0 saturated heterocycles. The topological polar surface area (TPSA) is 96.2 Å². The molecule has 0 bridgehead atoms. The lowest BCUT2D eigenvalue weighted by atomic mass is 10.1. The Hall–Kier alpha value is -3.02. The van der Waals surface area contributed by atoms with Gasteiger partial charge >= 0.3 is 6.03 Å². The number of urea groups is 1. The second-order valence-corrected chi connectivity index (χ2v) is 5.64. The second-order valence-electron chi connectivity index (χ2n) is 5.64. The Kier molecular flexibility index (Phi) is 6.39. The minimum Gasteiger partial charge on any atom is -0.384 e. The van der Waals surface area contributed by atoms with Gasteiger partial charge in [-0.1, -0.05) is 32.0 Å². The highest BCUT2D eigenvalue weighted by Gasteiger charge is 2.11. The summed E-state index contributed by atoms with van der Waals surface area (Å²) in [6, 6.07) is 12.3. The van der Waals surface area contributed by atoms with Crippen molar-refractivity contribution in [3.8, 4) is 0 Å². The van der Waals surface area contributed by atoms with Crippen LogP contribution in [-0.4, -0.2) is 18.5 Å². The van der Waals surface area contributed by atoms with Gasteiger partial charge < -0.3 is 21.7 Å².